The summed E-state index contributed by atoms with van der Waals surface area (Å²) in [4.78, 5) is 40.1. The van der Waals surface area contributed by atoms with Gasteiger partial charge < -0.3 is 15.5 Å². The van der Waals surface area contributed by atoms with Crippen molar-refractivity contribution in [3.8, 4) is 0 Å². The minimum atomic E-state index is -1.02. The maximum atomic E-state index is 13.1. The Labute approximate surface area is 166 Å². The molecule has 1 aromatic heterocycles. The molecule has 3 rings (SSSR count). The average molecular weight is 390 g/mol. The zero-order valence-corrected chi connectivity index (χ0v) is 17.1. The second-order valence-electron chi connectivity index (χ2n) is 7.96. The predicted octanol–water partition coefficient (Wildman–Crippen LogP) is 1.71. The van der Waals surface area contributed by atoms with Crippen LogP contribution in [0.5, 0.6) is 0 Å². The van der Waals surface area contributed by atoms with E-state index in [9.17, 15) is 14.4 Å². The van der Waals surface area contributed by atoms with Crippen LogP contribution in [0.15, 0.2) is 6.07 Å². The molecule has 1 aliphatic heterocycles. The summed E-state index contributed by atoms with van der Waals surface area (Å²) in [5.74, 6) is -0.703. The van der Waals surface area contributed by atoms with Gasteiger partial charge in [0, 0.05) is 25.2 Å². The summed E-state index contributed by atoms with van der Waals surface area (Å²) in [6, 6.07) is 1.71. The van der Waals surface area contributed by atoms with Gasteiger partial charge in [0.2, 0.25) is 5.91 Å². The molecule has 2 N–H and O–H groups in total. The van der Waals surface area contributed by atoms with Crippen molar-refractivity contribution in [2.75, 3.05) is 13.1 Å². The van der Waals surface area contributed by atoms with Gasteiger partial charge in [-0.1, -0.05) is 26.2 Å². The highest BCUT2D eigenvalue weighted by Crippen LogP contribution is 2.28. The van der Waals surface area contributed by atoms with Crippen LogP contribution in [0.3, 0.4) is 0 Å². The van der Waals surface area contributed by atoms with E-state index < -0.39 is 5.54 Å². The minimum Gasteiger partial charge on any atom is -0.351 e. The van der Waals surface area contributed by atoms with Crippen LogP contribution in [-0.2, 0) is 11.3 Å². The number of carbonyl (C=O) groups is 3. The molecule has 3 amide bonds. The first-order valence-corrected chi connectivity index (χ1v) is 10.4. The SMILES string of the molecule is CCCCNC(=O)c1cc2n(n1)CC(C)(C(=O)NC1CCCC1)N(CC)C2=O. The van der Waals surface area contributed by atoms with Gasteiger partial charge in [-0.3, -0.25) is 19.1 Å². The molecule has 1 aromatic rings. The van der Waals surface area contributed by atoms with Crippen molar-refractivity contribution < 1.29 is 14.4 Å². The number of nitrogens with one attached hydrogen (secondary N) is 2. The lowest BCUT2D eigenvalue weighted by atomic mass is 9.94. The van der Waals surface area contributed by atoms with E-state index in [4.69, 9.17) is 0 Å². The molecule has 0 bridgehead atoms. The number of carbonyl (C=O) groups excluding carboxylic acids is 3. The number of amides is 3. The van der Waals surface area contributed by atoms with E-state index >= 15 is 0 Å². The van der Waals surface area contributed by atoms with E-state index in [1.54, 1.807) is 11.8 Å². The number of rotatable bonds is 7. The lowest BCUT2D eigenvalue weighted by Crippen LogP contribution is -2.64. The normalized spacial score (nSPS) is 22.2. The van der Waals surface area contributed by atoms with Crippen LogP contribution in [0.25, 0.3) is 0 Å². The fourth-order valence-corrected chi connectivity index (χ4v) is 4.13. The number of nitrogens with zero attached hydrogens (tertiary/aromatic N) is 3. The first-order chi connectivity index (χ1) is 13.4. The Morgan fingerprint density at radius 3 is 2.64 bits per heavy atom. The molecule has 0 radical (unpaired) electrons. The summed E-state index contributed by atoms with van der Waals surface area (Å²) in [6.45, 7) is 6.93. The van der Waals surface area contributed by atoms with Crippen molar-refractivity contribution in [3.05, 3.63) is 17.5 Å². The molecule has 8 nitrogen and oxygen atoms in total. The van der Waals surface area contributed by atoms with E-state index in [0.717, 1.165) is 38.5 Å². The summed E-state index contributed by atoms with van der Waals surface area (Å²) in [5.41, 5.74) is -0.451. The van der Waals surface area contributed by atoms with E-state index in [0.29, 0.717) is 18.8 Å². The molecule has 1 aliphatic carbocycles. The first-order valence-electron chi connectivity index (χ1n) is 10.4. The molecule has 1 atom stereocenters. The molecular weight excluding hydrogens is 358 g/mol. The second kappa shape index (κ2) is 8.32. The molecule has 1 unspecified atom stereocenters. The van der Waals surface area contributed by atoms with E-state index in [2.05, 4.69) is 22.7 Å². The van der Waals surface area contributed by atoms with Crippen molar-refractivity contribution >= 4 is 17.7 Å². The standard InChI is InChI=1S/C20H31N5O3/c1-4-6-11-21-17(26)15-12-16-18(27)24(5-2)20(3,13-25(16)23-15)19(28)22-14-9-7-8-10-14/h12,14H,4-11,13H2,1-3H3,(H,21,26)(H,22,28). The summed E-state index contributed by atoms with van der Waals surface area (Å²) in [7, 11) is 0. The Bertz CT molecular complexity index is 753. The molecule has 0 saturated heterocycles. The van der Waals surface area contributed by atoms with Gasteiger partial charge in [-0.2, -0.15) is 5.10 Å². The van der Waals surface area contributed by atoms with Gasteiger partial charge >= 0.3 is 0 Å². The van der Waals surface area contributed by atoms with E-state index in [1.165, 1.54) is 10.7 Å². The zero-order valence-electron chi connectivity index (χ0n) is 17.1. The lowest BCUT2D eigenvalue weighted by molar-refractivity contribution is -0.133. The van der Waals surface area contributed by atoms with Crippen LogP contribution in [0.2, 0.25) is 0 Å². The third-order valence-electron chi connectivity index (χ3n) is 5.84. The summed E-state index contributed by atoms with van der Waals surface area (Å²) in [6.07, 6.45) is 6.09. The first kappa shape index (κ1) is 20.4. The van der Waals surface area contributed by atoms with Crippen LogP contribution in [0.1, 0.15) is 80.3 Å². The monoisotopic (exact) mass is 389 g/mol. The highest BCUT2D eigenvalue weighted by molar-refractivity contribution is 6.01. The maximum absolute atomic E-state index is 13.1. The highest BCUT2D eigenvalue weighted by atomic mass is 16.2. The van der Waals surface area contributed by atoms with Crippen molar-refractivity contribution in [1.82, 2.24) is 25.3 Å². The summed E-state index contributed by atoms with van der Waals surface area (Å²) >= 11 is 0. The molecular formula is C20H31N5O3. The number of unbranched alkanes of at least 4 members (excludes halogenated alkanes) is 1. The van der Waals surface area contributed by atoms with Gasteiger partial charge in [-0.05, 0) is 33.1 Å². The molecule has 1 fully saturated rings. The zero-order chi connectivity index (χ0) is 20.3. The Hall–Kier alpha value is -2.38. The van der Waals surface area contributed by atoms with Gasteiger partial charge in [0.15, 0.2) is 5.69 Å². The molecule has 8 heteroatoms. The largest absolute Gasteiger partial charge is 0.351 e. The Kier molecular flexibility index (Phi) is 6.05. The van der Waals surface area contributed by atoms with Crippen LogP contribution >= 0.6 is 0 Å². The smallest absolute Gasteiger partial charge is 0.273 e. The van der Waals surface area contributed by atoms with Gasteiger partial charge in [0.05, 0.1) is 6.54 Å². The topological polar surface area (TPSA) is 96.3 Å². The lowest BCUT2D eigenvalue weighted by Gasteiger charge is -2.43. The van der Waals surface area contributed by atoms with Crippen LogP contribution in [0, 0.1) is 0 Å². The van der Waals surface area contributed by atoms with Crippen molar-refractivity contribution in [1.29, 1.82) is 0 Å². The van der Waals surface area contributed by atoms with Gasteiger partial charge in [0.1, 0.15) is 11.2 Å². The number of hydrogen-bond donors (Lipinski definition) is 2. The summed E-state index contributed by atoms with van der Waals surface area (Å²) in [5, 5.41) is 10.3. The van der Waals surface area contributed by atoms with Gasteiger partial charge in [0.25, 0.3) is 11.8 Å². The van der Waals surface area contributed by atoms with Crippen molar-refractivity contribution in [3.63, 3.8) is 0 Å². The van der Waals surface area contributed by atoms with Crippen LogP contribution in [0.4, 0.5) is 0 Å². The fraction of sp³-hybridized carbons (Fsp3) is 0.700. The average Bonchev–Trinajstić information content (AvgIpc) is 3.32. The Morgan fingerprint density at radius 1 is 1.29 bits per heavy atom. The molecule has 2 heterocycles. The van der Waals surface area contributed by atoms with E-state index in [1.807, 2.05) is 6.92 Å². The minimum absolute atomic E-state index is 0.148. The number of fused-ring (bicyclic) bond motifs is 1. The molecule has 28 heavy (non-hydrogen) atoms. The van der Waals surface area contributed by atoms with Gasteiger partial charge in [-0.15, -0.1) is 0 Å². The Morgan fingerprint density at radius 2 is 2.00 bits per heavy atom. The number of likely N-dealkylation sites (N-methyl/N-ethyl adjacent to an activating group) is 1. The predicted molar refractivity (Wildman–Crippen MR) is 105 cm³/mol. The molecule has 2 aliphatic rings. The maximum Gasteiger partial charge on any atom is 0.273 e. The molecule has 0 aromatic carbocycles. The number of hydrogen-bond acceptors (Lipinski definition) is 4. The molecule has 1 saturated carbocycles. The van der Waals surface area contributed by atoms with Crippen molar-refractivity contribution in [2.24, 2.45) is 0 Å². The highest BCUT2D eigenvalue weighted by Gasteiger charge is 2.48. The summed E-state index contributed by atoms with van der Waals surface area (Å²) < 4.78 is 1.51. The van der Waals surface area contributed by atoms with Gasteiger partial charge in [-0.25, -0.2) is 0 Å². The third kappa shape index (κ3) is 3.77. The fourth-order valence-electron chi connectivity index (χ4n) is 4.13. The Balaban J connectivity index is 1.82. The molecule has 154 valence electrons. The number of aromatic nitrogens is 2. The van der Waals surface area contributed by atoms with Crippen LogP contribution < -0.4 is 10.6 Å². The second-order valence-corrected chi connectivity index (χ2v) is 7.96. The van der Waals surface area contributed by atoms with E-state index in [-0.39, 0.29) is 36.0 Å². The quantitative estimate of drug-likeness (QED) is 0.694. The third-order valence-corrected chi connectivity index (χ3v) is 5.84. The molecule has 0 spiro atoms. The van der Waals surface area contributed by atoms with Crippen molar-refractivity contribution in [2.45, 2.75) is 77.4 Å². The van der Waals surface area contributed by atoms with Crippen LogP contribution in [-0.4, -0.2) is 57.1 Å².